The Morgan fingerprint density at radius 3 is 2.44 bits per heavy atom. The van der Waals surface area contributed by atoms with E-state index in [9.17, 15) is 4.79 Å². The number of nitrogens with zero attached hydrogens (tertiary/aromatic N) is 1. The van der Waals surface area contributed by atoms with Crippen LogP contribution in [0.15, 0.2) is 29.3 Å². The van der Waals surface area contributed by atoms with E-state index in [1.807, 2.05) is 38.1 Å². The van der Waals surface area contributed by atoms with Gasteiger partial charge in [0.25, 0.3) is 5.91 Å². The SMILES string of the molecule is CCNC(=NCc1ccc(C(=O)NC)cc1)NCCCCOCC.I. The minimum atomic E-state index is -0.0768. The molecule has 0 atom stereocenters. The van der Waals surface area contributed by atoms with Gasteiger partial charge < -0.3 is 20.7 Å². The third kappa shape index (κ3) is 10.3. The first kappa shape index (κ1) is 23.6. The van der Waals surface area contributed by atoms with Crippen LogP contribution in [0.25, 0.3) is 0 Å². The van der Waals surface area contributed by atoms with Crippen molar-refractivity contribution in [2.24, 2.45) is 4.99 Å². The van der Waals surface area contributed by atoms with Crippen LogP contribution in [0.4, 0.5) is 0 Å². The lowest BCUT2D eigenvalue weighted by molar-refractivity contribution is 0.0963. The predicted octanol–water partition coefficient (Wildman–Crippen LogP) is 2.54. The Hall–Kier alpha value is -1.35. The molecule has 0 radical (unpaired) electrons. The number of carbonyl (C=O) groups excluding carboxylic acids is 1. The van der Waals surface area contributed by atoms with Crippen LogP contribution >= 0.6 is 24.0 Å². The van der Waals surface area contributed by atoms with Gasteiger partial charge in [0.1, 0.15) is 0 Å². The Kier molecular flexibility index (Phi) is 14.1. The summed E-state index contributed by atoms with van der Waals surface area (Å²) in [7, 11) is 1.63. The molecular weight excluding hydrogens is 431 g/mol. The first-order valence-electron chi connectivity index (χ1n) is 8.62. The number of amides is 1. The third-order valence-corrected chi connectivity index (χ3v) is 3.42. The van der Waals surface area contributed by atoms with Crippen LogP contribution in [-0.2, 0) is 11.3 Å². The number of carbonyl (C=O) groups is 1. The molecule has 0 bridgehead atoms. The van der Waals surface area contributed by atoms with Crippen LogP contribution in [-0.4, -0.2) is 45.2 Å². The zero-order valence-electron chi connectivity index (χ0n) is 15.4. The second kappa shape index (κ2) is 14.9. The molecule has 0 saturated heterocycles. The number of aliphatic imine (C=N–C) groups is 1. The zero-order chi connectivity index (χ0) is 17.6. The van der Waals surface area contributed by atoms with Gasteiger partial charge >= 0.3 is 0 Å². The number of unbranched alkanes of at least 4 members (excludes halogenated alkanes) is 1. The molecular formula is C18H31IN4O2. The molecule has 7 heteroatoms. The standard InChI is InChI=1S/C18H30N4O2.HI/c1-4-20-18(21-12-6-7-13-24-5-2)22-14-15-8-10-16(11-9-15)17(23)19-3;/h8-11H,4-7,12-14H2,1-3H3,(H,19,23)(H2,20,21,22);1H. The van der Waals surface area contributed by atoms with Crippen molar-refractivity contribution in [2.45, 2.75) is 33.2 Å². The number of halogens is 1. The highest BCUT2D eigenvalue weighted by Crippen LogP contribution is 2.05. The maximum atomic E-state index is 11.5. The Morgan fingerprint density at radius 2 is 1.84 bits per heavy atom. The summed E-state index contributed by atoms with van der Waals surface area (Å²) in [5, 5.41) is 9.18. The van der Waals surface area contributed by atoms with Crippen molar-refractivity contribution in [3.63, 3.8) is 0 Å². The van der Waals surface area contributed by atoms with E-state index in [-0.39, 0.29) is 29.9 Å². The van der Waals surface area contributed by atoms with Crippen molar-refractivity contribution >= 4 is 35.8 Å². The molecule has 142 valence electrons. The molecule has 0 aliphatic carbocycles. The van der Waals surface area contributed by atoms with E-state index < -0.39 is 0 Å². The van der Waals surface area contributed by atoms with Crippen LogP contribution in [0.3, 0.4) is 0 Å². The summed E-state index contributed by atoms with van der Waals surface area (Å²) in [6, 6.07) is 7.50. The van der Waals surface area contributed by atoms with Gasteiger partial charge in [-0.05, 0) is 44.4 Å². The summed E-state index contributed by atoms with van der Waals surface area (Å²) in [5.41, 5.74) is 1.72. The Bertz CT molecular complexity index is 506. The first-order valence-corrected chi connectivity index (χ1v) is 8.62. The van der Waals surface area contributed by atoms with Crippen LogP contribution < -0.4 is 16.0 Å². The molecule has 1 aromatic rings. The Balaban J connectivity index is 0.00000576. The van der Waals surface area contributed by atoms with Gasteiger partial charge in [0.2, 0.25) is 0 Å². The second-order valence-electron chi connectivity index (χ2n) is 5.30. The van der Waals surface area contributed by atoms with E-state index in [0.717, 1.165) is 50.7 Å². The molecule has 3 N–H and O–H groups in total. The molecule has 0 spiro atoms. The molecule has 0 saturated carbocycles. The molecule has 0 aliphatic rings. The van der Waals surface area contributed by atoms with Crippen molar-refractivity contribution in [1.82, 2.24) is 16.0 Å². The Morgan fingerprint density at radius 1 is 1.12 bits per heavy atom. The minimum absolute atomic E-state index is 0. The third-order valence-electron chi connectivity index (χ3n) is 3.42. The Labute approximate surface area is 168 Å². The minimum Gasteiger partial charge on any atom is -0.382 e. The lowest BCUT2D eigenvalue weighted by Gasteiger charge is -2.11. The largest absolute Gasteiger partial charge is 0.382 e. The molecule has 1 amide bonds. The summed E-state index contributed by atoms with van der Waals surface area (Å²) in [6.45, 7) is 7.90. The van der Waals surface area contributed by atoms with Gasteiger partial charge in [-0.3, -0.25) is 4.79 Å². The zero-order valence-corrected chi connectivity index (χ0v) is 17.8. The van der Waals surface area contributed by atoms with Gasteiger partial charge in [-0.15, -0.1) is 24.0 Å². The highest BCUT2D eigenvalue weighted by molar-refractivity contribution is 14.0. The van der Waals surface area contributed by atoms with E-state index in [0.29, 0.717) is 12.1 Å². The van der Waals surface area contributed by atoms with E-state index in [1.54, 1.807) is 7.05 Å². The average Bonchev–Trinajstić information content (AvgIpc) is 2.62. The van der Waals surface area contributed by atoms with E-state index in [2.05, 4.69) is 20.9 Å². The van der Waals surface area contributed by atoms with Crippen molar-refractivity contribution in [3.05, 3.63) is 35.4 Å². The molecule has 0 aromatic heterocycles. The average molecular weight is 462 g/mol. The van der Waals surface area contributed by atoms with Gasteiger partial charge in [0.05, 0.1) is 6.54 Å². The summed E-state index contributed by atoms with van der Waals surface area (Å²) in [5.74, 6) is 0.733. The fourth-order valence-electron chi connectivity index (χ4n) is 2.10. The van der Waals surface area contributed by atoms with Gasteiger partial charge in [-0.2, -0.15) is 0 Å². The van der Waals surface area contributed by atoms with E-state index in [4.69, 9.17) is 4.74 Å². The van der Waals surface area contributed by atoms with Crippen molar-refractivity contribution in [2.75, 3.05) is 33.4 Å². The maximum absolute atomic E-state index is 11.5. The molecule has 1 rings (SSSR count). The van der Waals surface area contributed by atoms with Gasteiger partial charge in [0, 0.05) is 38.9 Å². The highest BCUT2D eigenvalue weighted by Gasteiger charge is 2.02. The quantitative estimate of drug-likeness (QED) is 0.216. The lowest BCUT2D eigenvalue weighted by atomic mass is 10.1. The first-order chi connectivity index (χ1) is 11.7. The monoisotopic (exact) mass is 462 g/mol. The number of hydrogen-bond donors (Lipinski definition) is 3. The molecule has 0 fully saturated rings. The van der Waals surface area contributed by atoms with Crippen LogP contribution in [0.1, 0.15) is 42.6 Å². The molecule has 1 aromatic carbocycles. The fourth-order valence-corrected chi connectivity index (χ4v) is 2.10. The van der Waals surface area contributed by atoms with Gasteiger partial charge in [-0.1, -0.05) is 12.1 Å². The highest BCUT2D eigenvalue weighted by atomic mass is 127. The van der Waals surface area contributed by atoms with Crippen LogP contribution in [0.5, 0.6) is 0 Å². The molecule has 25 heavy (non-hydrogen) atoms. The topological polar surface area (TPSA) is 74.8 Å². The second-order valence-corrected chi connectivity index (χ2v) is 5.30. The summed E-state index contributed by atoms with van der Waals surface area (Å²) in [4.78, 5) is 16.1. The number of nitrogens with one attached hydrogen (secondary N) is 3. The number of hydrogen-bond acceptors (Lipinski definition) is 3. The number of ether oxygens (including phenoxy) is 1. The number of benzene rings is 1. The summed E-state index contributed by atoms with van der Waals surface area (Å²) >= 11 is 0. The molecule has 6 nitrogen and oxygen atoms in total. The van der Waals surface area contributed by atoms with Gasteiger partial charge in [0.15, 0.2) is 5.96 Å². The van der Waals surface area contributed by atoms with Crippen molar-refractivity contribution < 1.29 is 9.53 Å². The molecule has 0 heterocycles. The van der Waals surface area contributed by atoms with Gasteiger partial charge in [-0.25, -0.2) is 4.99 Å². The molecule has 0 unspecified atom stereocenters. The van der Waals surface area contributed by atoms with E-state index >= 15 is 0 Å². The molecule has 0 aliphatic heterocycles. The lowest BCUT2D eigenvalue weighted by Crippen LogP contribution is -2.37. The van der Waals surface area contributed by atoms with Crippen LogP contribution in [0.2, 0.25) is 0 Å². The van der Waals surface area contributed by atoms with Crippen LogP contribution in [0, 0.1) is 0 Å². The fraction of sp³-hybridized carbons (Fsp3) is 0.556. The smallest absolute Gasteiger partial charge is 0.251 e. The summed E-state index contributed by atoms with van der Waals surface area (Å²) in [6.07, 6.45) is 2.09. The maximum Gasteiger partial charge on any atom is 0.251 e. The van der Waals surface area contributed by atoms with E-state index in [1.165, 1.54) is 0 Å². The van der Waals surface area contributed by atoms with Crippen molar-refractivity contribution in [3.8, 4) is 0 Å². The van der Waals surface area contributed by atoms with Crippen molar-refractivity contribution in [1.29, 1.82) is 0 Å². The predicted molar refractivity (Wildman–Crippen MR) is 114 cm³/mol. The number of guanidine groups is 1. The summed E-state index contributed by atoms with van der Waals surface area (Å²) < 4.78 is 5.33. The number of rotatable bonds is 10. The normalized spacial score (nSPS) is 10.8.